The van der Waals surface area contributed by atoms with Crippen LogP contribution in [0.5, 0.6) is 0 Å². The Bertz CT molecular complexity index is 1660. The number of rotatable bonds is 14. The zero-order valence-electron chi connectivity index (χ0n) is 25.0. The minimum atomic E-state index is -2.49. The molecule has 6 N–H and O–H groups in total. The molecule has 46 heavy (non-hydrogen) atoms. The van der Waals surface area contributed by atoms with Crippen LogP contribution in [0.3, 0.4) is 0 Å². The first-order valence-corrected chi connectivity index (χ1v) is 14.3. The van der Waals surface area contributed by atoms with Gasteiger partial charge in [-0.15, -0.1) is 0 Å². The summed E-state index contributed by atoms with van der Waals surface area (Å²) in [6.07, 6.45) is -1.13. The molecule has 0 aliphatic rings. The van der Waals surface area contributed by atoms with Crippen molar-refractivity contribution >= 4 is 40.9 Å². The second kappa shape index (κ2) is 15.3. The molecule has 0 spiro atoms. The van der Waals surface area contributed by atoms with Crippen LogP contribution < -0.4 is 16.4 Å². The number of Topliss-reactive ketones (excluding diaryl/α,β-unsaturated/α-hetero) is 1. The summed E-state index contributed by atoms with van der Waals surface area (Å²) in [5, 5.41) is 14.6. The van der Waals surface area contributed by atoms with Gasteiger partial charge in [0.2, 0.25) is 11.3 Å². The molecule has 0 saturated carbocycles. The van der Waals surface area contributed by atoms with Gasteiger partial charge >= 0.3 is 24.1 Å². The van der Waals surface area contributed by atoms with Gasteiger partial charge in [0.05, 0.1) is 24.2 Å². The Balaban J connectivity index is 1.49. The van der Waals surface area contributed by atoms with Gasteiger partial charge in [0.25, 0.3) is 0 Å². The maximum atomic E-state index is 13.5. The number of nitrogens with zero attached hydrogens (tertiary/aromatic N) is 2. The molecule has 0 saturated heterocycles. The number of ether oxygens (including phenoxy) is 2. The molecule has 0 radical (unpaired) electrons. The summed E-state index contributed by atoms with van der Waals surface area (Å²) in [5.41, 5.74) is 5.93. The second-order valence-electron chi connectivity index (χ2n) is 10.1. The topological polar surface area (TPSA) is 206 Å². The van der Waals surface area contributed by atoms with Gasteiger partial charge in [-0.25, -0.2) is 19.4 Å². The van der Waals surface area contributed by atoms with Crippen LogP contribution in [-0.2, 0) is 38.8 Å². The lowest BCUT2D eigenvalue weighted by atomic mass is 9.89. The Morgan fingerprint density at radius 3 is 2.26 bits per heavy atom. The number of nitrogens with one attached hydrogen (secondary N) is 3. The number of urea groups is 1. The molecule has 240 valence electrons. The molecule has 1 aromatic heterocycles. The highest BCUT2D eigenvalue weighted by Crippen LogP contribution is 2.18. The molecule has 14 nitrogen and oxygen atoms in total. The smallest absolute Gasteiger partial charge is 0.408 e. The van der Waals surface area contributed by atoms with Crippen LogP contribution in [0.15, 0.2) is 78.9 Å². The van der Waals surface area contributed by atoms with Crippen molar-refractivity contribution < 1.29 is 38.6 Å². The SMILES string of the molecule is CCOC(=O)CNC(=O)N(Cc1ccc(C(=O)C(CN)(NC(=O)OCc2ccccc2)C(=O)O)cc1)Cc1nc2ccccc2[nH]1. The minimum absolute atomic E-state index is 0.0329. The van der Waals surface area contributed by atoms with Gasteiger partial charge in [-0.05, 0) is 30.2 Å². The molecule has 0 fully saturated rings. The van der Waals surface area contributed by atoms with E-state index >= 15 is 0 Å². The van der Waals surface area contributed by atoms with E-state index in [1.165, 1.54) is 29.2 Å². The zero-order valence-corrected chi connectivity index (χ0v) is 25.0. The Hall–Kier alpha value is -5.76. The van der Waals surface area contributed by atoms with E-state index in [2.05, 4.69) is 20.6 Å². The van der Waals surface area contributed by atoms with Crippen molar-refractivity contribution in [3.8, 4) is 0 Å². The summed E-state index contributed by atoms with van der Waals surface area (Å²) in [6.45, 7) is 0.681. The Morgan fingerprint density at radius 2 is 1.61 bits per heavy atom. The van der Waals surface area contributed by atoms with Gasteiger partial charge < -0.3 is 35.5 Å². The normalized spacial score (nSPS) is 12.0. The van der Waals surface area contributed by atoms with Crippen LogP contribution >= 0.6 is 0 Å². The maximum Gasteiger partial charge on any atom is 0.408 e. The monoisotopic (exact) mass is 630 g/mol. The zero-order chi connectivity index (χ0) is 33.1. The largest absolute Gasteiger partial charge is 0.479 e. The van der Waals surface area contributed by atoms with Gasteiger partial charge in [-0.1, -0.05) is 66.7 Å². The van der Waals surface area contributed by atoms with E-state index in [0.29, 0.717) is 22.5 Å². The van der Waals surface area contributed by atoms with E-state index in [-0.39, 0.29) is 38.4 Å². The average Bonchev–Trinajstić information content (AvgIpc) is 3.48. The molecule has 0 aliphatic heterocycles. The van der Waals surface area contributed by atoms with Crippen LogP contribution in [0, 0.1) is 0 Å². The standard InChI is InChI=1S/C32H34N6O8/c1-2-45-27(39)16-34-30(43)38(18-26-35-24-10-6-7-11-25(24)36-26)17-21-12-14-23(15-13-21)28(40)32(20-33,29(41)42)37-31(44)46-19-22-8-4-3-5-9-22/h3-15H,2,16-20,33H2,1H3,(H,34,43)(H,35,36)(H,37,44)(H,41,42). The number of carboxylic acid groups (broad SMARTS) is 1. The Morgan fingerprint density at radius 1 is 0.913 bits per heavy atom. The highest BCUT2D eigenvalue weighted by Gasteiger charge is 2.47. The number of H-pyrrole nitrogens is 1. The van der Waals surface area contributed by atoms with Crippen LogP contribution in [0.4, 0.5) is 9.59 Å². The third-order valence-corrected chi connectivity index (χ3v) is 6.93. The summed E-state index contributed by atoms with van der Waals surface area (Å²) < 4.78 is 10.0. The molecule has 1 atom stereocenters. The van der Waals surface area contributed by atoms with Crippen molar-refractivity contribution in [1.82, 2.24) is 25.5 Å². The van der Waals surface area contributed by atoms with E-state index in [1.54, 1.807) is 37.3 Å². The molecule has 0 bridgehead atoms. The first kappa shape index (κ1) is 33.1. The molecule has 4 aromatic rings. The number of carbonyl (C=O) groups is 5. The molecular formula is C32H34N6O8. The number of amides is 3. The first-order valence-electron chi connectivity index (χ1n) is 14.3. The number of fused-ring (bicyclic) bond motifs is 1. The number of hydrogen-bond donors (Lipinski definition) is 5. The lowest BCUT2D eigenvalue weighted by Gasteiger charge is -2.27. The number of alkyl carbamates (subject to hydrolysis) is 1. The van der Waals surface area contributed by atoms with E-state index in [0.717, 1.165) is 5.52 Å². The molecule has 3 amide bonds. The van der Waals surface area contributed by atoms with Crippen molar-refractivity contribution in [2.24, 2.45) is 5.73 Å². The number of ketones is 1. The number of aliphatic carboxylic acids is 1. The fraction of sp³-hybridized carbons (Fsp3) is 0.250. The number of para-hydroxylation sites is 2. The van der Waals surface area contributed by atoms with Crippen molar-refractivity contribution in [1.29, 1.82) is 0 Å². The highest BCUT2D eigenvalue weighted by molar-refractivity contribution is 6.17. The summed E-state index contributed by atoms with van der Waals surface area (Å²) in [7, 11) is 0. The first-order chi connectivity index (χ1) is 22.1. The number of benzene rings is 3. The fourth-order valence-electron chi connectivity index (χ4n) is 4.53. The molecule has 3 aromatic carbocycles. The number of carboxylic acids is 1. The van der Waals surface area contributed by atoms with Crippen molar-refractivity contribution in [3.05, 3.63) is 101 Å². The Kier molecular flexibility index (Phi) is 11.0. The number of hydrogen-bond acceptors (Lipinski definition) is 9. The van der Waals surface area contributed by atoms with Gasteiger partial charge in [-0.3, -0.25) is 14.9 Å². The average molecular weight is 631 g/mol. The van der Waals surface area contributed by atoms with Crippen molar-refractivity contribution in [2.45, 2.75) is 32.2 Å². The van der Waals surface area contributed by atoms with Crippen LogP contribution in [-0.4, -0.2) is 75.1 Å². The third-order valence-electron chi connectivity index (χ3n) is 6.93. The van der Waals surface area contributed by atoms with Gasteiger partial charge in [0.1, 0.15) is 19.0 Å². The van der Waals surface area contributed by atoms with Crippen molar-refractivity contribution in [2.75, 3.05) is 19.7 Å². The predicted octanol–water partition coefficient (Wildman–Crippen LogP) is 2.73. The van der Waals surface area contributed by atoms with Gasteiger partial charge in [0.15, 0.2) is 0 Å². The summed E-state index contributed by atoms with van der Waals surface area (Å²) in [5.74, 6) is -2.71. The summed E-state index contributed by atoms with van der Waals surface area (Å²) >= 11 is 0. The van der Waals surface area contributed by atoms with E-state index in [1.807, 2.05) is 24.3 Å². The number of aromatic nitrogens is 2. The van der Waals surface area contributed by atoms with Gasteiger partial charge in [0, 0.05) is 18.7 Å². The van der Waals surface area contributed by atoms with E-state index in [4.69, 9.17) is 15.2 Å². The molecule has 1 unspecified atom stereocenters. The summed E-state index contributed by atoms with van der Waals surface area (Å²) in [6, 6.07) is 21.3. The van der Waals surface area contributed by atoms with Crippen LogP contribution in [0.1, 0.15) is 34.2 Å². The quantitative estimate of drug-likeness (QED) is 0.0782. The second-order valence-corrected chi connectivity index (χ2v) is 10.1. The number of esters is 1. The lowest BCUT2D eigenvalue weighted by Crippen LogP contribution is -2.64. The van der Waals surface area contributed by atoms with Gasteiger partial charge in [-0.2, -0.15) is 0 Å². The number of carbonyl (C=O) groups excluding carboxylic acids is 4. The lowest BCUT2D eigenvalue weighted by molar-refractivity contribution is -0.142. The van der Waals surface area contributed by atoms with E-state index in [9.17, 15) is 29.1 Å². The fourth-order valence-corrected chi connectivity index (χ4v) is 4.53. The minimum Gasteiger partial charge on any atom is -0.479 e. The Labute approximate surface area is 263 Å². The molecular weight excluding hydrogens is 596 g/mol. The summed E-state index contributed by atoms with van der Waals surface area (Å²) in [4.78, 5) is 72.3. The number of imidazole rings is 1. The van der Waals surface area contributed by atoms with E-state index < -0.39 is 41.9 Å². The molecule has 4 rings (SSSR count). The van der Waals surface area contributed by atoms with Crippen LogP contribution in [0.25, 0.3) is 11.0 Å². The number of aromatic amines is 1. The van der Waals surface area contributed by atoms with Crippen molar-refractivity contribution in [3.63, 3.8) is 0 Å². The predicted molar refractivity (Wildman–Crippen MR) is 165 cm³/mol. The van der Waals surface area contributed by atoms with Crippen LogP contribution in [0.2, 0.25) is 0 Å². The maximum absolute atomic E-state index is 13.5. The third kappa shape index (κ3) is 8.24. The molecule has 0 aliphatic carbocycles. The highest BCUT2D eigenvalue weighted by atomic mass is 16.5. The molecule has 14 heteroatoms. The number of nitrogens with two attached hydrogens (primary N) is 1. The molecule has 1 heterocycles.